The summed E-state index contributed by atoms with van der Waals surface area (Å²) >= 11 is 3.53. The van der Waals surface area contributed by atoms with Crippen molar-refractivity contribution in [3.8, 4) is 0 Å². The molecule has 0 fully saturated rings. The summed E-state index contributed by atoms with van der Waals surface area (Å²) in [5.74, 6) is 0. The van der Waals surface area contributed by atoms with Crippen LogP contribution in [-0.4, -0.2) is 19.0 Å². The smallest absolute Gasteiger partial charge is 0.0400 e. The standard InChI is InChI=1S/C17H21BrN2/c1-13-9-14(7-8-17(13)18)11-19-16-6-4-5-15(10-16)12-20(2)3/h4-10,19H,11-12H2,1-3H3. The molecule has 0 aliphatic rings. The largest absolute Gasteiger partial charge is 0.381 e. The highest BCUT2D eigenvalue weighted by molar-refractivity contribution is 9.10. The van der Waals surface area contributed by atoms with Crippen molar-refractivity contribution in [3.05, 3.63) is 63.6 Å². The average molecular weight is 333 g/mol. The molecule has 2 rings (SSSR count). The average Bonchev–Trinajstić information content (AvgIpc) is 2.40. The van der Waals surface area contributed by atoms with Crippen molar-refractivity contribution in [1.82, 2.24) is 4.90 Å². The van der Waals surface area contributed by atoms with Gasteiger partial charge >= 0.3 is 0 Å². The molecule has 0 saturated carbocycles. The molecule has 20 heavy (non-hydrogen) atoms. The van der Waals surface area contributed by atoms with E-state index in [-0.39, 0.29) is 0 Å². The molecular formula is C17H21BrN2. The topological polar surface area (TPSA) is 15.3 Å². The zero-order valence-corrected chi connectivity index (χ0v) is 13.9. The second-order valence-electron chi connectivity index (χ2n) is 5.38. The highest BCUT2D eigenvalue weighted by Gasteiger charge is 2.00. The van der Waals surface area contributed by atoms with Crippen LogP contribution in [0.1, 0.15) is 16.7 Å². The van der Waals surface area contributed by atoms with Crippen LogP contribution in [-0.2, 0) is 13.1 Å². The molecule has 2 aromatic rings. The second-order valence-corrected chi connectivity index (χ2v) is 6.23. The number of rotatable bonds is 5. The molecule has 0 aromatic heterocycles. The van der Waals surface area contributed by atoms with Gasteiger partial charge in [-0.2, -0.15) is 0 Å². The molecule has 0 bridgehead atoms. The minimum absolute atomic E-state index is 0.847. The Kier molecular flexibility index (Phi) is 5.21. The van der Waals surface area contributed by atoms with Gasteiger partial charge in [0, 0.05) is 23.2 Å². The lowest BCUT2D eigenvalue weighted by atomic mass is 10.1. The van der Waals surface area contributed by atoms with Crippen LogP contribution in [0.25, 0.3) is 0 Å². The first-order valence-electron chi connectivity index (χ1n) is 6.77. The molecule has 0 heterocycles. The van der Waals surface area contributed by atoms with Crippen LogP contribution in [0.15, 0.2) is 46.9 Å². The molecule has 3 heteroatoms. The minimum Gasteiger partial charge on any atom is -0.381 e. The lowest BCUT2D eigenvalue weighted by Gasteiger charge is -2.12. The predicted molar refractivity (Wildman–Crippen MR) is 90.0 cm³/mol. The van der Waals surface area contributed by atoms with Crippen LogP contribution >= 0.6 is 15.9 Å². The molecule has 1 N–H and O–H groups in total. The first-order chi connectivity index (χ1) is 9.54. The van der Waals surface area contributed by atoms with Gasteiger partial charge in [0.2, 0.25) is 0 Å². The number of nitrogens with one attached hydrogen (secondary N) is 1. The summed E-state index contributed by atoms with van der Waals surface area (Å²) in [6, 6.07) is 15.1. The molecule has 0 spiro atoms. The molecule has 0 atom stereocenters. The summed E-state index contributed by atoms with van der Waals surface area (Å²) in [6.45, 7) is 3.93. The number of aryl methyl sites for hydroxylation is 1. The van der Waals surface area contributed by atoms with Crippen molar-refractivity contribution in [2.75, 3.05) is 19.4 Å². The van der Waals surface area contributed by atoms with Gasteiger partial charge in [0.1, 0.15) is 0 Å². The Morgan fingerprint density at radius 3 is 2.55 bits per heavy atom. The van der Waals surface area contributed by atoms with E-state index in [0.29, 0.717) is 0 Å². The van der Waals surface area contributed by atoms with Gasteiger partial charge in [-0.25, -0.2) is 0 Å². The maximum Gasteiger partial charge on any atom is 0.0400 e. The number of halogens is 1. The van der Waals surface area contributed by atoms with Gasteiger partial charge in [-0.1, -0.05) is 40.2 Å². The SMILES string of the molecule is Cc1cc(CNc2cccc(CN(C)C)c2)ccc1Br. The third-order valence-corrected chi connectivity index (χ3v) is 4.03. The maximum absolute atomic E-state index is 3.53. The van der Waals surface area contributed by atoms with E-state index in [2.05, 4.69) is 89.6 Å². The Labute approximate surface area is 129 Å². The summed E-state index contributed by atoms with van der Waals surface area (Å²) < 4.78 is 1.16. The third-order valence-electron chi connectivity index (χ3n) is 3.14. The fraction of sp³-hybridized carbons (Fsp3) is 0.294. The van der Waals surface area contributed by atoms with Gasteiger partial charge in [0.05, 0.1) is 0 Å². The highest BCUT2D eigenvalue weighted by Crippen LogP contribution is 2.18. The summed E-state index contributed by atoms with van der Waals surface area (Å²) in [5.41, 5.74) is 5.06. The van der Waals surface area contributed by atoms with Crippen molar-refractivity contribution in [2.24, 2.45) is 0 Å². The number of nitrogens with zero attached hydrogens (tertiary/aromatic N) is 1. The first kappa shape index (κ1) is 15.1. The second kappa shape index (κ2) is 6.91. The minimum atomic E-state index is 0.847. The quantitative estimate of drug-likeness (QED) is 0.871. The Morgan fingerprint density at radius 2 is 1.85 bits per heavy atom. The lowest BCUT2D eigenvalue weighted by Crippen LogP contribution is -2.10. The van der Waals surface area contributed by atoms with Crippen molar-refractivity contribution < 1.29 is 0 Å². The van der Waals surface area contributed by atoms with Crippen LogP contribution in [0.4, 0.5) is 5.69 Å². The summed E-state index contributed by atoms with van der Waals surface area (Å²) in [6.07, 6.45) is 0. The van der Waals surface area contributed by atoms with Gasteiger partial charge in [-0.05, 0) is 55.9 Å². The monoisotopic (exact) mass is 332 g/mol. The zero-order valence-electron chi connectivity index (χ0n) is 12.3. The highest BCUT2D eigenvalue weighted by atomic mass is 79.9. The van der Waals surface area contributed by atoms with E-state index in [1.165, 1.54) is 22.4 Å². The van der Waals surface area contributed by atoms with E-state index in [1.807, 2.05) is 0 Å². The molecule has 0 aliphatic carbocycles. The molecule has 2 aromatic carbocycles. The van der Waals surface area contributed by atoms with Crippen LogP contribution < -0.4 is 5.32 Å². The lowest BCUT2D eigenvalue weighted by molar-refractivity contribution is 0.402. The van der Waals surface area contributed by atoms with Crippen LogP contribution in [0.5, 0.6) is 0 Å². The van der Waals surface area contributed by atoms with Crippen LogP contribution in [0, 0.1) is 6.92 Å². The van der Waals surface area contributed by atoms with Crippen molar-refractivity contribution in [2.45, 2.75) is 20.0 Å². The van der Waals surface area contributed by atoms with E-state index in [9.17, 15) is 0 Å². The fourth-order valence-corrected chi connectivity index (χ4v) is 2.41. The molecule has 2 nitrogen and oxygen atoms in total. The third kappa shape index (κ3) is 4.36. The van der Waals surface area contributed by atoms with E-state index in [4.69, 9.17) is 0 Å². The maximum atomic E-state index is 3.53. The van der Waals surface area contributed by atoms with Crippen molar-refractivity contribution >= 4 is 21.6 Å². The van der Waals surface area contributed by atoms with Crippen molar-refractivity contribution in [1.29, 1.82) is 0 Å². The van der Waals surface area contributed by atoms with Gasteiger partial charge in [0.15, 0.2) is 0 Å². The number of hydrogen-bond donors (Lipinski definition) is 1. The van der Waals surface area contributed by atoms with Crippen molar-refractivity contribution in [3.63, 3.8) is 0 Å². The molecule has 106 valence electrons. The summed E-state index contributed by atoms with van der Waals surface area (Å²) in [7, 11) is 4.18. The van der Waals surface area contributed by atoms with Gasteiger partial charge in [-0.3, -0.25) is 0 Å². The first-order valence-corrected chi connectivity index (χ1v) is 7.56. The molecular weight excluding hydrogens is 312 g/mol. The molecule has 0 amide bonds. The van der Waals surface area contributed by atoms with E-state index >= 15 is 0 Å². The van der Waals surface area contributed by atoms with Gasteiger partial charge in [-0.15, -0.1) is 0 Å². The normalized spacial score (nSPS) is 10.8. The Hall–Kier alpha value is -1.32. The van der Waals surface area contributed by atoms with Crippen LogP contribution in [0.3, 0.4) is 0 Å². The fourth-order valence-electron chi connectivity index (χ4n) is 2.17. The van der Waals surface area contributed by atoms with E-state index < -0.39 is 0 Å². The predicted octanol–water partition coefficient (Wildman–Crippen LogP) is 4.43. The molecule has 0 unspecified atom stereocenters. The molecule has 0 saturated heterocycles. The Morgan fingerprint density at radius 1 is 1.05 bits per heavy atom. The van der Waals surface area contributed by atoms with E-state index in [1.54, 1.807) is 0 Å². The summed E-state index contributed by atoms with van der Waals surface area (Å²) in [5, 5.41) is 3.49. The summed E-state index contributed by atoms with van der Waals surface area (Å²) in [4.78, 5) is 2.18. The number of anilines is 1. The van der Waals surface area contributed by atoms with Crippen LogP contribution in [0.2, 0.25) is 0 Å². The Bertz CT molecular complexity index is 579. The zero-order chi connectivity index (χ0) is 14.5. The van der Waals surface area contributed by atoms with E-state index in [0.717, 1.165) is 17.6 Å². The van der Waals surface area contributed by atoms with Gasteiger partial charge < -0.3 is 10.2 Å². The number of hydrogen-bond acceptors (Lipinski definition) is 2. The van der Waals surface area contributed by atoms with Gasteiger partial charge in [0.25, 0.3) is 0 Å². The Balaban J connectivity index is 2.01. The molecule has 0 aliphatic heterocycles. The number of benzene rings is 2. The molecule has 0 radical (unpaired) electrons.